The third-order valence-electron chi connectivity index (χ3n) is 2.90. The average Bonchev–Trinajstić information content (AvgIpc) is 2.59. The Kier molecular flexibility index (Phi) is 2.03. The Morgan fingerprint density at radius 2 is 2.14 bits per heavy atom. The molecular weight excluding hydrogens is 212 g/mol. The van der Waals surface area contributed by atoms with Crippen LogP contribution in [-0.2, 0) is 6.42 Å². The predicted octanol–water partition coefficient (Wildman–Crippen LogP) is 4.52. The molecule has 2 aromatic rings. The van der Waals surface area contributed by atoms with Crippen molar-refractivity contribution in [2.24, 2.45) is 0 Å². The molecule has 1 aliphatic carbocycles. The summed E-state index contributed by atoms with van der Waals surface area (Å²) in [6.07, 6.45) is 3.59. The van der Waals surface area contributed by atoms with E-state index in [1.54, 1.807) is 0 Å². The molecule has 1 heterocycles. The van der Waals surface area contributed by atoms with E-state index in [9.17, 15) is 0 Å². The Hall–Kier alpha value is -0.530. The van der Waals surface area contributed by atoms with Gasteiger partial charge < -0.3 is 0 Å². The number of alkyl halides is 1. The summed E-state index contributed by atoms with van der Waals surface area (Å²) in [5.74, 6) is 0. The van der Waals surface area contributed by atoms with Gasteiger partial charge in [0.15, 0.2) is 0 Å². The summed E-state index contributed by atoms with van der Waals surface area (Å²) in [5.41, 5.74) is 1.51. The molecule has 1 aromatic carbocycles. The lowest BCUT2D eigenvalue weighted by molar-refractivity contribution is 0.682. The molecule has 1 aliphatic rings. The molecule has 0 amide bonds. The first-order valence-electron chi connectivity index (χ1n) is 5.00. The molecule has 0 bridgehead atoms. The molecule has 14 heavy (non-hydrogen) atoms. The zero-order valence-corrected chi connectivity index (χ0v) is 9.37. The third kappa shape index (κ3) is 1.19. The highest BCUT2D eigenvalue weighted by atomic mass is 35.5. The molecule has 0 spiro atoms. The van der Waals surface area contributed by atoms with Gasteiger partial charge in [0.25, 0.3) is 0 Å². The number of fused-ring (bicyclic) bond motifs is 3. The number of hydrogen-bond acceptors (Lipinski definition) is 1. The van der Waals surface area contributed by atoms with Gasteiger partial charge >= 0.3 is 0 Å². The highest BCUT2D eigenvalue weighted by Gasteiger charge is 2.22. The number of rotatable bonds is 0. The second-order valence-electron chi connectivity index (χ2n) is 3.80. The SMILES string of the molecule is ClC1CCCc2c1sc1ccccc21. The van der Waals surface area contributed by atoms with Gasteiger partial charge in [0.1, 0.15) is 0 Å². The molecule has 72 valence electrons. The van der Waals surface area contributed by atoms with Crippen molar-refractivity contribution in [3.8, 4) is 0 Å². The van der Waals surface area contributed by atoms with Crippen LogP contribution >= 0.6 is 22.9 Å². The molecule has 0 saturated heterocycles. The number of thiophene rings is 1. The lowest BCUT2D eigenvalue weighted by Crippen LogP contribution is -2.00. The minimum atomic E-state index is 0.260. The van der Waals surface area contributed by atoms with Crippen molar-refractivity contribution < 1.29 is 0 Å². The highest BCUT2D eigenvalue weighted by molar-refractivity contribution is 7.19. The van der Waals surface area contributed by atoms with Gasteiger partial charge in [-0.05, 0) is 36.3 Å². The van der Waals surface area contributed by atoms with Gasteiger partial charge in [0.2, 0.25) is 0 Å². The van der Waals surface area contributed by atoms with Crippen LogP contribution in [0.1, 0.15) is 28.7 Å². The minimum Gasteiger partial charge on any atom is -0.138 e. The van der Waals surface area contributed by atoms with Crippen LogP contribution in [0.25, 0.3) is 10.1 Å². The topological polar surface area (TPSA) is 0 Å². The van der Waals surface area contributed by atoms with Crippen molar-refractivity contribution in [3.05, 3.63) is 34.7 Å². The summed E-state index contributed by atoms with van der Waals surface area (Å²) < 4.78 is 1.39. The Bertz CT molecular complexity index is 472. The molecule has 0 radical (unpaired) electrons. The fourth-order valence-corrected chi connectivity index (χ4v) is 3.90. The van der Waals surface area contributed by atoms with Crippen LogP contribution in [0.3, 0.4) is 0 Å². The maximum atomic E-state index is 6.33. The van der Waals surface area contributed by atoms with Gasteiger partial charge in [-0.1, -0.05) is 18.2 Å². The number of aryl methyl sites for hydroxylation is 1. The van der Waals surface area contributed by atoms with E-state index < -0.39 is 0 Å². The Morgan fingerprint density at radius 1 is 1.29 bits per heavy atom. The van der Waals surface area contributed by atoms with Gasteiger partial charge in [-0.3, -0.25) is 0 Å². The Morgan fingerprint density at radius 3 is 3.07 bits per heavy atom. The fourth-order valence-electron chi connectivity index (χ4n) is 2.22. The summed E-state index contributed by atoms with van der Waals surface area (Å²) in [7, 11) is 0. The maximum absolute atomic E-state index is 6.33. The van der Waals surface area contributed by atoms with E-state index in [4.69, 9.17) is 11.6 Å². The minimum absolute atomic E-state index is 0.260. The normalized spacial score (nSPS) is 21.1. The van der Waals surface area contributed by atoms with Gasteiger partial charge in [-0.2, -0.15) is 0 Å². The number of benzene rings is 1. The molecule has 0 saturated carbocycles. The van der Waals surface area contributed by atoms with E-state index in [1.165, 1.54) is 33.4 Å². The van der Waals surface area contributed by atoms with E-state index in [-0.39, 0.29) is 5.38 Å². The zero-order valence-electron chi connectivity index (χ0n) is 7.79. The van der Waals surface area contributed by atoms with Crippen LogP contribution in [0.15, 0.2) is 24.3 Å². The Labute approximate surface area is 92.5 Å². The molecule has 0 N–H and O–H groups in total. The van der Waals surface area contributed by atoms with Crippen molar-refractivity contribution in [1.29, 1.82) is 0 Å². The summed E-state index contributed by atoms with van der Waals surface area (Å²) >= 11 is 8.20. The number of halogens is 1. The lowest BCUT2D eigenvalue weighted by Gasteiger charge is -2.16. The smallest absolute Gasteiger partial charge is 0.0681 e. The molecular formula is C12H11ClS. The monoisotopic (exact) mass is 222 g/mol. The standard InChI is InChI=1S/C12H11ClS/c13-10-6-3-5-9-8-4-1-2-7-11(8)14-12(9)10/h1-2,4,7,10H,3,5-6H2. The molecule has 1 unspecified atom stereocenters. The van der Waals surface area contributed by atoms with Crippen molar-refractivity contribution in [2.45, 2.75) is 24.6 Å². The predicted molar refractivity (Wildman–Crippen MR) is 63.4 cm³/mol. The van der Waals surface area contributed by atoms with Crippen LogP contribution in [-0.4, -0.2) is 0 Å². The number of hydrogen-bond donors (Lipinski definition) is 0. The van der Waals surface area contributed by atoms with Crippen LogP contribution in [0.2, 0.25) is 0 Å². The van der Waals surface area contributed by atoms with E-state index in [1.807, 2.05) is 11.3 Å². The van der Waals surface area contributed by atoms with Gasteiger partial charge in [-0.15, -0.1) is 22.9 Å². The zero-order chi connectivity index (χ0) is 9.54. The van der Waals surface area contributed by atoms with Crippen molar-refractivity contribution in [2.75, 3.05) is 0 Å². The molecule has 1 aromatic heterocycles. The van der Waals surface area contributed by atoms with E-state index in [0.29, 0.717) is 0 Å². The molecule has 2 heteroatoms. The van der Waals surface area contributed by atoms with Crippen LogP contribution in [0.5, 0.6) is 0 Å². The first-order valence-corrected chi connectivity index (χ1v) is 6.26. The summed E-state index contributed by atoms with van der Waals surface area (Å²) in [4.78, 5) is 1.42. The molecule has 0 aliphatic heterocycles. The third-order valence-corrected chi connectivity index (χ3v) is 4.79. The van der Waals surface area contributed by atoms with Crippen molar-refractivity contribution >= 4 is 33.0 Å². The van der Waals surface area contributed by atoms with E-state index >= 15 is 0 Å². The summed E-state index contributed by atoms with van der Waals surface area (Å²) in [6, 6.07) is 8.64. The molecule has 1 atom stereocenters. The highest BCUT2D eigenvalue weighted by Crippen LogP contribution is 2.43. The maximum Gasteiger partial charge on any atom is 0.0681 e. The summed E-state index contributed by atoms with van der Waals surface area (Å²) in [5, 5.41) is 1.69. The van der Waals surface area contributed by atoms with E-state index in [0.717, 1.165) is 6.42 Å². The molecule has 0 fully saturated rings. The quantitative estimate of drug-likeness (QED) is 0.575. The molecule has 3 rings (SSSR count). The summed E-state index contributed by atoms with van der Waals surface area (Å²) in [6.45, 7) is 0. The largest absolute Gasteiger partial charge is 0.138 e. The molecule has 0 nitrogen and oxygen atoms in total. The van der Waals surface area contributed by atoms with Gasteiger partial charge in [0.05, 0.1) is 5.38 Å². The van der Waals surface area contributed by atoms with Gasteiger partial charge in [0, 0.05) is 9.58 Å². The lowest BCUT2D eigenvalue weighted by atomic mass is 9.96. The first-order chi connectivity index (χ1) is 6.86. The Balaban J connectivity index is 2.32. The van der Waals surface area contributed by atoms with E-state index in [2.05, 4.69) is 24.3 Å². The van der Waals surface area contributed by atoms with Gasteiger partial charge in [-0.25, -0.2) is 0 Å². The second-order valence-corrected chi connectivity index (χ2v) is 5.41. The second kappa shape index (κ2) is 3.25. The van der Waals surface area contributed by atoms with Crippen molar-refractivity contribution in [1.82, 2.24) is 0 Å². The van der Waals surface area contributed by atoms with Crippen LogP contribution in [0.4, 0.5) is 0 Å². The fraction of sp³-hybridized carbons (Fsp3) is 0.333. The van der Waals surface area contributed by atoms with Crippen molar-refractivity contribution in [3.63, 3.8) is 0 Å². The van der Waals surface area contributed by atoms with Crippen LogP contribution < -0.4 is 0 Å². The van der Waals surface area contributed by atoms with Crippen LogP contribution in [0, 0.1) is 0 Å². The first kappa shape index (κ1) is 8.75. The average molecular weight is 223 g/mol.